The van der Waals surface area contributed by atoms with Gasteiger partial charge in [0.05, 0.1) is 7.11 Å². The molecule has 0 aliphatic heterocycles. The average Bonchev–Trinajstić information content (AvgIpc) is 2.21. The van der Waals surface area contributed by atoms with Crippen LogP contribution in [-0.4, -0.2) is 7.11 Å². The first-order valence-electron chi connectivity index (χ1n) is 4.54. The molecule has 1 aromatic carbocycles. The maximum Gasteiger partial charge on any atom is 0.118 e. The van der Waals surface area contributed by atoms with Crippen LogP contribution in [0.25, 0.3) is 5.76 Å². The molecule has 13 heavy (non-hydrogen) atoms. The molecular weight excluding hydrogens is 160 g/mol. The van der Waals surface area contributed by atoms with Crippen molar-refractivity contribution in [3.63, 3.8) is 0 Å². The SMILES string of the molecule is C=C(OC)c1ccc(C)cc1.CC. The van der Waals surface area contributed by atoms with E-state index >= 15 is 0 Å². The Bertz CT molecular complexity index is 246. The molecule has 0 heterocycles. The zero-order valence-corrected chi connectivity index (χ0v) is 8.92. The summed E-state index contributed by atoms with van der Waals surface area (Å²) in [5, 5.41) is 0. The lowest BCUT2D eigenvalue weighted by molar-refractivity contribution is 0.371. The number of hydrogen-bond donors (Lipinski definition) is 0. The Kier molecular flexibility index (Phi) is 5.69. The lowest BCUT2D eigenvalue weighted by atomic mass is 10.1. The van der Waals surface area contributed by atoms with E-state index in [1.807, 2.05) is 38.1 Å². The highest BCUT2D eigenvalue weighted by Gasteiger charge is 1.94. The van der Waals surface area contributed by atoms with Gasteiger partial charge in [-0.05, 0) is 6.92 Å². The van der Waals surface area contributed by atoms with Gasteiger partial charge in [-0.25, -0.2) is 0 Å². The van der Waals surface area contributed by atoms with E-state index in [2.05, 4.69) is 13.5 Å². The van der Waals surface area contributed by atoms with Gasteiger partial charge in [-0.1, -0.05) is 50.3 Å². The van der Waals surface area contributed by atoms with Gasteiger partial charge in [0, 0.05) is 5.56 Å². The number of ether oxygens (including phenoxy) is 1. The normalized spacial score (nSPS) is 8.31. The Balaban J connectivity index is 0.000000671. The van der Waals surface area contributed by atoms with Crippen LogP contribution < -0.4 is 0 Å². The maximum atomic E-state index is 4.98. The molecule has 0 saturated carbocycles. The number of aryl methyl sites for hydroxylation is 1. The molecule has 0 unspecified atom stereocenters. The quantitative estimate of drug-likeness (QED) is 0.628. The van der Waals surface area contributed by atoms with Crippen LogP contribution in [-0.2, 0) is 4.74 Å². The summed E-state index contributed by atoms with van der Waals surface area (Å²) in [4.78, 5) is 0. The fourth-order valence-corrected chi connectivity index (χ4v) is 0.857. The van der Waals surface area contributed by atoms with Gasteiger partial charge in [-0.15, -0.1) is 0 Å². The number of hydrogen-bond acceptors (Lipinski definition) is 1. The van der Waals surface area contributed by atoms with Gasteiger partial charge in [0.15, 0.2) is 0 Å². The van der Waals surface area contributed by atoms with Crippen molar-refractivity contribution in [1.82, 2.24) is 0 Å². The van der Waals surface area contributed by atoms with Crippen molar-refractivity contribution in [3.8, 4) is 0 Å². The molecule has 1 rings (SSSR count). The van der Waals surface area contributed by atoms with E-state index in [9.17, 15) is 0 Å². The van der Waals surface area contributed by atoms with E-state index in [1.165, 1.54) is 5.56 Å². The van der Waals surface area contributed by atoms with Gasteiger partial charge in [-0.3, -0.25) is 0 Å². The lowest BCUT2D eigenvalue weighted by Gasteiger charge is -2.03. The Morgan fingerprint density at radius 2 is 1.62 bits per heavy atom. The maximum absolute atomic E-state index is 4.98. The molecule has 0 aliphatic carbocycles. The van der Waals surface area contributed by atoms with Crippen molar-refractivity contribution in [3.05, 3.63) is 42.0 Å². The Morgan fingerprint density at radius 3 is 2.00 bits per heavy atom. The second kappa shape index (κ2) is 6.30. The summed E-state index contributed by atoms with van der Waals surface area (Å²) >= 11 is 0. The van der Waals surface area contributed by atoms with Crippen molar-refractivity contribution < 1.29 is 4.74 Å². The minimum Gasteiger partial charge on any atom is -0.497 e. The summed E-state index contributed by atoms with van der Waals surface area (Å²) in [5.41, 5.74) is 2.29. The summed E-state index contributed by atoms with van der Waals surface area (Å²) in [6.07, 6.45) is 0. The van der Waals surface area contributed by atoms with Gasteiger partial charge in [0.2, 0.25) is 0 Å². The molecule has 0 N–H and O–H groups in total. The minimum atomic E-state index is 0.713. The molecule has 0 aliphatic rings. The third kappa shape index (κ3) is 3.79. The molecule has 0 aromatic heterocycles. The summed E-state index contributed by atoms with van der Waals surface area (Å²) in [6.45, 7) is 9.81. The molecule has 0 fully saturated rings. The third-order valence-corrected chi connectivity index (χ3v) is 1.62. The number of rotatable bonds is 2. The van der Waals surface area contributed by atoms with E-state index in [0.717, 1.165) is 5.56 Å². The summed E-state index contributed by atoms with van der Waals surface area (Å²) in [5.74, 6) is 0.713. The lowest BCUT2D eigenvalue weighted by Crippen LogP contribution is -1.84. The Morgan fingerprint density at radius 1 is 1.15 bits per heavy atom. The fourth-order valence-electron chi connectivity index (χ4n) is 0.857. The van der Waals surface area contributed by atoms with E-state index in [-0.39, 0.29) is 0 Å². The van der Waals surface area contributed by atoms with Crippen molar-refractivity contribution in [2.75, 3.05) is 7.11 Å². The fraction of sp³-hybridized carbons (Fsp3) is 0.333. The topological polar surface area (TPSA) is 9.23 Å². The van der Waals surface area contributed by atoms with E-state index in [4.69, 9.17) is 4.74 Å². The van der Waals surface area contributed by atoms with Gasteiger partial charge in [-0.2, -0.15) is 0 Å². The zero-order chi connectivity index (χ0) is 10.3. The molecule has 72 valence electrons. The third-order valence-electron chi connectivity index (χ3n) is 1.62. The van der Waals surface area contributed by atoms with Crippen LogP contribution in [0.5, 0.6) is 0 Å². The molecule has 0 saturated heterocycles. The minimum absolute atomic E-state index is 0.713. The average molecular weight is 178 g/mol. The zero-order valence-electron chi connectivity index (χ0n) is 8.92. The van der Waals surface area contributed by atoms with Crippen LogP contribution in [0.2, 0.25) is 0 Å². The highest BCUT2D eigenvalue weighted by molar-refractivity contribution is 5.57. The first-order chi connectivity index (χ1) is 6.24. The highest BCUT2D eigenvalue weighted by Crippen LogP contribution is 2.12. The molecule has 0 amide bonds. The van der Waals surface area contributed by atoms with Crippen LogP contribution in [0.3, 0.4) is 0 Å². The molecule has 0 atom stereocenters. The van der Waals surface area contributed by atoms with Crippen molar-refractivity contribution in [2.24, 2.45) is 0 Å². The second-order valence-corrected chi connectivity index (χ2v) is 2.49. The summed E-state index contributed by atoms with van der Waals surface area (Å²) in [6, 6.07) is 8.08. The molecular formula is C12H18O. The monoisotopic (exact) mass is 178 g/mol. The van der Waals surface area contributed by atoms with E-state index in [1.54, 1.807) is 7.11 Å². The second-order valence-electron chi connectivity index (χ2n) is 2.49. The molecule has 0 spiro atoms. The first-order valence-corrected chi connectivity index (χ1v) is 4.54. The number of benzene rings is 1. The van der Waals surface area contributed by atoms with Crippen molar-refractivity contribution >= 4 is 5.76 Å². The Hall–Kier alpha value is -1.24. The van der Waals surface area contributed by atoms with Crippen LogP contribution in [0, 0.1) is 6.92 Å². The molecule has 1 aromatic rings. The van der Waals surface area contributed by atoms with Crippen LogP contribution >= 0.6 is 0 Å². The Labute approximate surface area is 81.1 Å². The van der Waals surface area contributed by atoms with E-state index < -0.39 is 0 Å². The first kappa shape index (κ1) is 11.8. The van der Waals surface area contributed by atoms with Gasteiger partial charge in [0.25, 0.3) is 0 Å². The smallest absolute Gasteiger partial charge is 0.118 e. The van der Waals surface area contributed by atoms with Crippen LogP contribution in [0.15, 0.2) is 30.8 Å². The highest BCUT2D eigenvalue weighted by atomic mass is 16.5. The standard InChI is InChI=1S/C10H12O.C2H6/c1-8-4-6-10(7-5-8)9(2)11-3;1-2/h4-7H,2H2,1,3H3;1-2H3. The molecule has 0 bridgehead atoms. The molecule has 0 radical (unpaired) electrons. The largest absolute Gasteiger partial charge is 0.497 e. The van der Waals surface area contributed by atoms with Gasteiger partial charge >= 0.3 is 0 Å². The summed E-state index contributed by atoms with van der Waals surface area (Å²) < 4.78 is 4.98. The van der Waals surface area contributed by atoms with Crippen molar-refractivity contribution in [1.29, 1.82) is 0 Å². The van der Waals surface area contributed by atoms with Crippen molar-refractivity contribution in [2.45, 2.75) is 20.8 Å². The molecule has 1 nitrogen and oxygen atoms in total. The van der Waals surface area contributed by atoms with Crippen LogP contribution in [0.1, 0.15) is 25.0 Å². The van der Waals surface area contributed by atoms with Gasteiger partial charge < -0.3 is 4.74 Å². The summed E-state index contributed by atoms with van der Waals surface area (Å²) in [7, 11) is 1.63. The predicted molar refractivity (Wildman–Crippen MR) is 58.6 cm³/mol. The van der Waals surface area contributed by atoms with Crippen LogP contribution in [0.4, 0.5) is 0 Å². The predicted octanol–water partition coefficient (Wildman–Crippen LogP) is 3.64. The van der Waals surface area contributed by atoms with Gasteiger partial charge in [0.1, 0.15) is 5.76 Å². The molecule has 1 heteroatoms. The van der Waals surface area contributed by atoms with E-state index in [0.29, 0.717) is 5.76 Å². The number of methoxy groups -OCH3 is 1.